The highest BCUT2D eigenvalue weighted by molar-refractivity contribution is 5.92. The number of likely N-dealkylation sites (N-methyl/N-ethyl adjacent to an activating group) is 1. The lowest BCUT2D eigenvalue weighted by atomic mass is 10.2. The van der Waals surface area contributed by atoms with Gasteiger partial charge in [0, 0.05) is 30.4 Å². The molecule has 0 saturated carbocycles. The Morgan fingerprint density at radius 3 is 2.76 bits per heavy atom. The number of nitrogens with one attached hydrogen (secondary N) is 1. The van der Waals surface area contributed by atoms with Crippen molar-refractivity contribution in [1.82, 2.24) is 14.7 Å². The van der Waals surface area contributed by atoms with Crippen molar-refractivity contribution in [2.45, 2.75) is 32.9 Å². The monoisotopic (exact) mass is 290 g/mol. The van der Waals surface area contributed by atoms with Gasteiger partial charge in [0.05, 0.1) is 18.2 Å². The normalized spacial score (nSPS) is 12.7. The van der Waals surface area contributed by atoms with E-state index in [4.69, 9.17) is 5.11 Å². The lowest BCUT2D eigenvalue weighted by Crippen LogP contribution is -2.40. The maximum Gasteiger partial charge on any atom is 0.321 e. The van der Waals surface area contributed by atoms with Crippen LogP contribution in [0.5, 0.6) is 0 Å². The minimum absolute atomic E-state index is 0.0654. The minimum Gasteiger partial charge on any atom is -0.394 e. The summed E-state index contributed by atoms with van der Waals surface area (Å²) in [5.41, 5.74) is 1.62. The van der Waals surface area contributed by atoms with Gasteiger partial charge < -0.3 is 15.3 Å². The maximum atomic E-state index is 12.0. The first kappa shape index (κ1) is 15.3. The fourth-order valence-corrected chi connectivity index (χ4v) is 1.92. The van der Waals surface area contributed by atoms with Gasteiger partial charge in [-0.3, -0.25) is 4.68 Å². The summed E-state index contributed by atoms with van der Waals surface area (Å²) in [6.45, 7) is 5.86. The van der Waals surface area contributed by atoms with Gasteiger partial charge in [0.1, 0.15) is 0 Å². The van der Waals surface area contributed by atoms with E-state index in [-0.39, 0.29) is 18.7 Å². The molecule has 0 bridgehead atoms. The fraction of sp³-hybridized carbons (Fsp3) is 0.467. The van der Waals surface area contributed by atoms with E-state index in [1.54, 1.807) is 14.0 Å². The average molecular weight is 290 g/mol. The molecular formula is C15H22N4O2. The van der Waals surface area contributed by atoms with Crippen LogP contribution in [-0.4, -0.2) is 45.5 Å². The number of aliphatic hydroxyl groups is 1. The predicted octanol–water partition coefficient (Wildman–Crippen LogP) is 2.46. The second kappa shape index (κ2) is 6.13. The van der Waals surface area contributed by atoms with Gasteiger partial charge in [-0.15, -0.1) is 0 Å². The Balaban J connectivity index is 2.17. The molecule has 1 aromatic carbocycles. The molecule has 0 unspecified atom stereocenters. The summed E-state index contributed by atoms with van der Waals surface area (Å²) in [4.78, 5) is 13.5. The van der Waals surface area contributed by atoms with E-state index >= 15 is 0 Å². The minimum atomic E-state index is -0.243. The molecule has 2 aromatic rings. The summed E-state index contributed by atoms with van der Waals surface area (Å²) in [6, 6.07) is 5.45. The Hall–Kier alpha value is -2.08. The molecule has 0 radical (unpaired) electrons. The molecule has 2 amide bonds. The van der Waals surface area contributed by atoms with E-state index < -0.39 is 0 Å². The van der Waals surface area contributed by atoms with E-state index in [2.05, 4.69) is 24.3 Å². The predicted molar refractivity (Wildman–Crippen MR) is 83.4 cm³/mol. The van der Waals surface area contributed by atoms with Crippen molar-refractivity contribution < 1.29 is 9.90 Å². The van der Waals surface area contributed by atoms with Gasteiger partial charge in [-0.2, -0.15) is 5.10 Å². The first-order valence-corrected chi connectivity index (χ1v) is 7.06. The molecule has 2 N–H and O–H groups in total. The number of hydrogen-bond donors (Lipinski definition) is 2. The average Bonchev–Trinajstić information content (AvgIpc) is 2.89. The molecule has 0 saturated heterocycles. The van der Waals surface area contributed by atoms with Crippen molar-refractivity contribution in [3.05, 3.63) is 24.4 Å². The number of amides is 2. The second-order valence-electron chi connectivity index (χ2n) is 5.55. The highest BCUT2D eigenvalue weighted by atomic mass is 16.3. The molecule has 0 fully saturated rings. The van der Waals surface area contributed by atoms with Gasteiger partial charge in [-0.1, -0.05) is 0 Å². The molecule has 0 aliphatic heterocycles. The molecule has 0 spiro atoms. The van der Waals surface area contributed by atoms with Crippen molar-refractivity contribution in [3.8, 4) is 0 Å². The van der Waals surface area contributed by atoms with Crippen LogP contribution in [0.3, 0.4) is 0 Å². The number of carbonyl (C=O) groups excluding carboxylic acids is 1. The van der Waals surface area contributed by atoms with Crippen LogP contribution < -0.4 is 5.32 Å². The summed E-state index contributed by atoms with van der Waals surface area (Å²) in [6.07, 6.45) is 1.97. The van der Waals surface area contributed by atoms with Gasteiger partial charge in [-0.25, -0.2) is 4.79 Å². The van der Waals surface area contributed by atoms with Crippen molar-refractivity contribution in [1.29, 1.82) is 0 Å². The molecular weight excluding hydrogens is 268 g/mol. The number of carbonyl (C=O) groups is 1. The molecule has 1 atom stereocenters. The first-order chi connectivity index (χ1) is 9.92. The molecule has 0 aliphatic rings. The van der Waals surface area contributed by atoms with Crippen LogP contribution in [0.15, 0.2) is 24.4 Å². The van der Waals surface area contributed by atoms with Crippen LogP contribution in [-0.2, 0) is 0 Å². The number of anilines is 1. The Bertz CT molecular complexity index is 636. The number of aliphatic hydroxyl groups excluding tert-OH is 1. The van der Waals surface area contributed by atoms with Gasteiger partial charge >= 0.3 is 6.03 Å². The summed E-state index contributed by atoms with van der Waals surface area (Å²) < 4.78 is 1.90. The number of fused-ring (bicyclic) bond motifs is 1. The third kappa shape index (κ3) is 3.33. The zero-order valence-corrected chi connectivity index (χ0v) is 12.9. The molecule has 6 nitrogen and oxygen atoms in total. The van der Waals surface area contributed by atoms with Crippen molar-refractivity contribution >= 4 is 22.6 Å². The van der Waals surface area contributed by atoms with Crippen molar-refractivity contribution in [3.63, 3.8) is 0 Å². The van der Waals surface area contributed by atoms with Gasteiger partial charge in [0.15, 0.2) is 0 Å². The molecule has 0 aliphatic carbocycles. The molecule has 114 valence electrons. The third-order valence-corrected chi connectivity index (χ3v) is 3.55. The van der Waals surface area contributed by atoms with Gasteiger partial charge in [0.2, 0.25) is 0 Å². The Kier molecular flexibility index (Phi) is 4.47. The highest BCUT2D eigenvalue weighted by Gasteiger charge is 2.15. The smallest absolute Gasteiger partial charge is 0.321 e. The zero-order chi connectivity index (χ0) is 15.6. The summed E-state index contributed by atoms with van der Waals surface area (Å²) in [5, 5.41) is 17.4. The number of benzene rings is 1. The fourth-order valence-electron chi connectivity index (χ4n) is 1.92. The number of nitrogens with zero attached hydrogens (tertiary/aromatic N) is 3. The van der Waals surface area contributed by atoms with E-state index in [0.717, 1.165) is 10.9 Å². The van der Waals surface area contributed by atoms with Crippen molar-refractivity contribution in [2.24, 2.45) is 0 Å². The molecule has 6 heteroatoms. The van der Waals surface area contributed by atoms with E-state index in [1.165, 1.54) is 4.90 Å². The topological polar surface area (TPSA) is 70.4 Å². The first-order valence-electron chi connectivity index (χ1n) is 7.06. The lowest BCUT2D eigenvalue weighted by Gasteiger charge is -2.23. The number of urea groups is 1. The summed E-state index contributed by atoms with van der Waals surface area (Å²) in [5.74, 6) is 0. The van der Waals surface area contributed by atoms with Crippen LogP contribution in [0.2, 0.25) is 0 Å². The SMILES string of the molecule is CC(C)n1cc2cc(NC(=O)N(C)[C@H](C)CO)ccc2n1. The second-order valence-corrected chi connectivity index (χ2v) is 5.55. The standard InChI is InChI=1S/C15H22N4O2/c1-10(2)19-8-12-7-13(5-6-14(12)17-19)16-15(21)18(4)11(3)9-20/h5-8,10-11,20H,9H2,1-4H3,(H,16,21)/t11-/m1/s1. The summed E-state index contributed by atoms with van der Waals surface area (Å²) >= 11 is 0. The number of hydrogen-bond acceptors (Lipinski definition) is 3. The van der Waals surface area contributed by atoms with Crippen LogP contribution >= 0.6 is 0 Å². The highest BCUT2D eigenvalue weighted by Crippen LogP contribution is 2.20. The van der Waals surface area contributed by atoms with E-state index in [0.29, 0.717) is 11.7 Å². The Labute approximate surface area is 124 Å². The number of aromatic nitrogens is 2. The summed E-state index contributed by atoms with van der Waals surface area (Å²) in [7, 11) is 1.66. The Morgan fingerprint density at radius 1 is 1.43 bits per heavy atom. The van der Waals surface area contributed by atoms with Crippen LogP contribution in [0.25, 0.3) is 10.9 Å². The molecule has 1 heterocycles. The largest absolute Gasteiger partial charge is 0.394 e. The van der Waals surface area contributed by atoms with Gasteiger partial charge in [-0.05, 0) is 39.0 Å². The van der Waals surface area contributed by atoms with Crippen molar-refractivity contribution in [2.75, 3.05) is 19.0 Å². The van der Waals surface area contributed by atoms with Crippen LogP contribution in [0.4, 0.5) is 10.5 Å². The molecule has 21 heavy (non-hydrogen) atoms. The quantitative estimate of drug-likeness (QED) is 0.908. The third-order valence-electron chi connectivity index (χ3n) is 3.55. The molecule has 2 rings (SSSR count). The van der Waals surface area contributed by atoms with Gasteiger partial charge in [0.25, 0.3) is 0 Å². The zero-order valence-electron chi connectivity index (χ0n) is 12.9. The number of rotatable bonds is 4. The molecule has 1 aromatic heterocycles. The maximum absolute atomic E-state index is 12.0. The van der Waals surface area contributed by atoms with Crippen LogP contribution in [0.1, 0.15) is 26.8 Å². The van der Waals surface area contributed by atoms with E-state index in [9.17, 15) is 4.79 Å². The Morgan fingerprint density at radius 2 is 2.14 bits per heavy atom. The van der Waals surface area contributed by atoms with Crippen LogP contribution in [0, 0.1) is 0 Å². The lowest BCUT2D eigenvalue weighted by molar-refractivity contribution is 0.166. The van der Waals surface area contributed by atoms with E-state index in [1.807, 2.05) is 29.1 Å².